The molecule has 9 heteroatoms. The van der Waals surface area contributed by atoms with Gasteiger partial charge in [-0.25, -0.2) is 0 Å². The van der Waals surface area contributed by atoms with Gasteiger partial charge in [0, 0.05) is 17.4 Å². The van der Waals surface area contributed by atoms with Gasteiger partial charge in [0.05, 0.1) is 4.92 Å². The Morgan fingerprint density at radius 1 is 1.29 bits per heavy atom. The van der Waals surface area contributed by atoms with E-state index in [-0.39, 0.29) is 5.30 Å². The van der Waals surface area contributed by atoms with Crippen molar-refractivity contribution in [2.75, 3.05) is 13.3 Å². The van der Waals surface area contributed by atoms with Crippen LogP contribution in [0.25, 0.3) is 0 Å². The Labute approximate surface area is 97.2 Å². The fourth-order valence-corrected chi connectivity index (χ4v) is 2.63. The third-order valence-electron chi connectivity index (χ3n) is 1.99. The highest BCUT2D eigenvalue weighted by Gasteiger charge is 2.23. The van der Waals surface area contributed by atoms with E-state index in [0.717, 1.165) is 12.1 Å². The molecular weight excluding hydrogens is 272 g/mol. The van der Waals surface area contributed by atoms with Gasteiger partial charge in [0.15, 0.2) is 0 Å². The van der Waals surface area contributed by atoms with Crippen LogP contribution in [0.2, 0.25) is 0 Å². The molecule has 1 rings (SSSR count). The SMILES string of the molecule is CP(C)(=O)c1cc([N+](=O)[O-])cc(S(=O)(=O)F)c1. The quantitative estimate of drug-likeness (QED) is 0.362. The first kappa shape index (κ1) is 13.8. The van der Waals surface area contributed by atoms with Gasteiger partial charge in [-0.2, -0.15) is 8.42 Å². The predicted molar refractivity (Wildman–Crippen MR) is 60.5 cm³/mol. The predicted octanol–water partition coefficient (Wildman–Crippen LogP) is 1.50. The normalized spacial score (nSPS) is 12.4. The second kappa shape index (κ2) is 4.19. The van der Waals surface area contributed by atoms with Crippen LogP contribution >= 0.6 is 7.14 Å². The average molecular weight is 281 g/mol. The summed E-state index contributed by atoms with van der Waals surface area (Å²) in [6.45, 7) is 2.61. The van der Waals surface area contributed by atoms with E-state index in [2.05, 4.69) is 0 Å². The molecule has 0 N–H and O–H groups in total. The number of benzene rings is 1. The van der Waals surface area contributed by atoms with Crippen molar-refractivity contribution in [2.24, 2.45) is 0 Å². The number of halogens is 1. The van der Waals surface area contributed by atoms with Gasteiger partial charge in [-0.3, -0.25) is 10.1 Å². The van der Waals surface area contributed by atoms with E-state index in [4.69, 9.17) is 0 Å². The molecule has 0 aromatic heterocycles. The van der Waals surface area contributed by atoms with Crippen molar-refractivity contribution >= 4 is 28.4 Å². The molecule has 0 saturated heterocycles. The molecule has 0 saturated carbocycles. The summed E-state index contributed by atoms with van der Waals surface area (Å²) < 4.78 is 45.9. The first-order chi connectivity index (χ1) is 7.51. The van der Waals surface area contributed by atoms with Gasteiger partial charge >= 0.3 is 10.2 Å². The van der Waals surface area contributed by atoms with Crippen molar-refractivity contribution in [3.05, 3.63) is 28.3 Å². The number of rotatable bonds is 3. The molecule has 0 fully saturated rings. The van der Waals surface area contributed by atoms with E-state index in [9.17, 15) is 27.0 Å². The molecule has 6 nitrogen and oxygen atoms in total. The van der Waals surface area contributed by atoms with Crippen molar-refractivity contribution < 1.29 is 21.8 Å². The van der Waals surface area contributed by atoms with Crippen molar-refractivity contribution in [3.8, 4) is 0 Å². The zero-order chi connectivity index (χ0) is 13.4. The molecule has 0 bridgehead atoms. The summed E-state index contributed by atoms with van der Waals surface area (Å²) in [5.41, 5.74) is -0.609. The Morgan fingerprint density at radius 2 is 1.82 bits per heavy atom. The van der Waals surface area contributed by atoms with Crippen LogP contribution in [0.1, 0.15) is 0 Å². The van der Waals surface area contributed by atoms with Crippen LogP contribution in [0.5, 0.6) is 0 Å². The molecule has 0 atom stereocenters. The smallest absolute Gasteiger partial charge is 0.319 e. The topological polar surface area (TPSA) is 94.3 Å². The Balaban J connectivity index is 3.62. The largest absolute Gasteiger partial charge is 0.332 e. The maximum atomic E-state index is 12.8. The monoisotopic (exact) mass is 281 g/mol. The third-order valence-corrected chi connectivity index (χ3v) is 4.29. The number of nitrogens with zero attached hydrogens (tertiary/aromatic N) is 1. The Morgan fingerprint density at radius 3 is 2.18 bits per heavy atom. The van der Waals surface area contributed by atoms with Gasteiger partial charge in [0.25, 0.3) is 5.69 Å². The zero-order valence-corrected chi connectivity index (χ0v) is 10.7. The van der Waals surface area contributed by atoms with Gasteiger partial charge < -0.3 is 4.57 Å². The molecule has 1 aromatic rings. The minimum atomic E-state index is -5.07. The molecule has 1 aromatic carbocycles. The van der Waals surface area contributed by atoms with Crippen molar-refractivity contribution in [1.29, 1.82) is 0 Å². The summed E-state index contributed by atoms with van der Waals surface area (Å²) in [6, 6.07) is 2.42. The fraction of sp³-hybridized carbons (Fsp3) is 0.250. The summed E-state index contributed by atoms with van der Waals surface area (Å²) in [5.74, 6) is 0. The Kier molecular flexibility index (Phi) is 3.40. The maximum absolute atomic E-state index is 12.8. The van der Waals surface area contributed by atoms with E-state index >= 15 is 0 Å². The van der Waals surface area contributed by atoms with Gasteiger partial charge in [-0.1, -0.05) is 0 Å². The van der Waals surface area contributed by atoms with Gasteiger partial charge in [0.1, 0.15) is 12.0 Å². The number of hydrogen-bond acceptors (Lipinski definition) is 5. The molecule has 0 spiro atoms. The molecule has 0 aliphatic rings. The molecule has 0 heterocycles. The van der Waals surface area contributed by atoms with E-state index in [1.165, 1.54) is 13.3 Å². The lowest BCUT2D eigenvalue weighted by atomic mass is 10.3. The summed E-state index contributed by atoms with van der Waals surface area (Å²) in [4.78, 5) is 8.83. The van der Waals surface area contributed by atoms with Crippen LogP contribution in [0.3, 0.4) is 0 Å². The van der Waals surface area contributed by atoms with Gasteiger partial charge in [-0.15, -0.1) is 3.89 Å². The fourth-order valence-electron chi connectivity index (χ4n) is 1.13. The molecule has 0 amide bonds. The van der Waals surface area contributed by atoms with Gasteiger partial charge in [-0.05, 0) is 19.4 Å². The molecule has 0 radical (unpaired) electrons. The maximum Gasteiger partial charge on any atom is 0.332 e. The lowest BCUT2D eigenvalue weighted by Gasteiger charge is -2.07. The standard InChI is InChI=1S/C8H9FNO5PS/c1-16(2,13)7-3-6(10(11)12)4-8(5-7)17(9,14)15/h3-5H,1-2H3. The number of nitro benzene ring substituents is 1. The van der Waals surface area contributed by atoms with Crippen LogP contribution in [-0.2, 0) is 14.8 Å². The van der Waals surface area contributed by atoms with Crippen LogP contribution < -0.4 is 5.30 Å². The molecular formula is C8H9FNO5PS. The summed E-state index contributed by atoms with van der Waals surface area (Å²) in [6.07, 6.45) is 0. The lowest BCUT2D eigenvalue weighted by Crippen LogP contribution is -2.08. The van der Waals surface area contributed by atoms with E-state index < -0.39 is 32.9 Å². The Bertz CT molecular complexity index is 621. The van der Waals surface area contributed by atoms with Crippen molar-refractivity contribution in [1.82, 2.24) is 0 Å². The van der Waals surface area contributed by atoms with E-state index in [0.29, 0.717) is 6.07 Å². The number of hydrogen-bond donors (Lipinski definition) is 0. The molecule has 0 aliphatic heterocycles. The summed E-state index contributed by atoms with van der Waals surface area (Å²) >= 11 is 0. The zero-order valence-electron chi connectivity index (χ0n) is 8.95. The van der Waals surface area contributed by atoms with Crippen LogP contribution in [0.15, 0.2) is 23.1 Å². The second-order valence-electron chi connectivity index (χ2n) is 3.73. The van der Waals surface area contributed by atoms with E-state index in [1.807, 2.05) is 0 Å². The Hall–Kier alpha value is -1.27. The highest BCUT2D eigenvalue weighted by molar-refractivity contribution is 7.86. The molecule has 0 aliphatic carbocycles. The lowest BCUT2D eigenvalue weighted by molar-refractivity contribution is -0.385. The molecule has 17 heavy (non-hydrogen) atoms. The van der Waals surface area contributed by atoms with Crippen LogP contribution in [-0.4, -0.2) is 26.7 Å². The molecule has 94 valence electrons. The van der Waals surface area contributed by atoms with E-state index in [1.54, 1.807) is 0 Å². The first-order valence-corrected chi connectivity index (χ1v) is 8.30. The summed E-state index contributed by atoms with van der Waals surface area (Å²) in [7, 11) is -7.98. The van der Waals surface area contributed by atoms with Crippen LogP contribution in [0, 0.1) is 10.1 Å². The second-order valence-corrected chi connectivity index (χ2v) is 8.30. The summed E-state index contributed by atoms with van der Waals surface area (Å²) in [5, 5.41) is 10.5. The van der Waals surface area contributed by atoms with Crippen molar-refractivity contribution in [2.45, 2.75) is 4.90 Å². The number of nitro groups is 1. The average Bonchev–Trinajstić information content (AvgIpc) is 2.14. The number of non-ortho nitro benzene ring substituents is 1. The first-order valence-electron chi connectivity index (χ1n) is 4.31. The third kappa shape index (κ3) is 3.34. The minimum Gasteiger partial charge on any atom is -0.319 e. The van der Waals surface area contributed by atoms with Crippen LogP contribution in [0.4, 0.5) is 9.57 Å². The highest BCUT2D eigenvalue weighted by atomic mass is 32.3. The highest BCUT2D eigenvalue weighted by Crippen LogP contribution is 2.36. The molecule has 0 unspecified atom stereocenters. The van der Waals surface area contributed by atoms with Gasteiger partial charge in [0.2, 0.25) is 0 Å². The van der Waals surface area contributed by atoms with Crippen molar-refractivity contribution in [3.63, 3.8) is 0 Å². The minimum absolute atomic E-state index is 0.0528.